The first-order chi connectivity index (χ1) is 8.99. The van der Waals surface area contributed by atoms with E-state index in [4.69, 9.17) is 4.74 Å². The standard InChI is InChI=1S/C16H25NO2/c1-6-14(13-9-7-12(4)8-10-13)17-15(11(2)3)16(18)19-5/h7-11,14-15,17H,6H2,1-5H3/t14?,15-/m0/s1. The van der Waals surface area contributed by atoms with Crippen LogP contribution in [0.15, 0.2) is 24.3 Å². The summed E-state index contributed by atoms with van der Waals surface area (Å²) in [5, 5.41) is 3.42. The molecule has 0 bridgehead atoms. The van der Waals surface area contributed by atoms with Gasteiger partial charge < -0.3 is 4.74 Å². The first-order valence-corrected chi connectivity index (χ1v) is 6.90. The number of rotatable bonds is 6. The third kappa shape index (κ3) is 4.35. The molecule has 106 valence electrons. The number of carbonyl (C=O) groups excluding carboxylic acids is 1. The van der Waals surface area contributed by atoms with Crippen molar-refractivity contribution in [2.45, 2.75) is 46.2 Å². The Hall–Kier alpha value is -1.35. The molecular weight excluding hydrogens is 238 g/mol. The van der Waals surface area contributed by atoms with Gasteiger partial charge in [0.05, 0.1) is 7.11 Å². The van der Waals surface area contributed by atoms with Crippen molar-refractivity contribution >= 4 is 5.97 Å². The lowest BCUT2D eigenvalue weighted by molar-refractivity contribution is -0.144. The van der Waals surface area contributed by atoms with Gasteiger partial charge in [-0.1, -0.05) is 50.6 Å². The Labute approximate surface area is 116 Å². The number of hydrogen-bond donors (Lipinski definition) is 1. The molecule has 0 aliphatic rings. The van der Waals surface area contributed by atoms with Crippen LogP contribution in [0.1, 0.15) is 44.4 Å². The largest absolute Gasteiger partial charge is 0.468 e. The molecule has 1 unspecified atom stereocenters. The molecule has 1 N–H and O–H groups in total. The molecule has 2 atom stereocenters. The summed E-state index contributed by atoms with van der Waals surface area (Å²) in [4.78, 5) is 11.8. The van der Waals surface area contributed by atoms with E-state index in [9.17, 15) is 4.79 Å². The molecule has 1 rings (SSSR count). The van der Waals surface area contributed by atoms with Gasteiger partial charge in [-0.05, 0) is 24.8 Å². The van der Waals surface area contributed by atoms with E-state index < -0.39 is 0 Å². The minimum absolute atomic E-state index is 0.173. The molecule has 0 aliphatic carbocycles. The fourth-order valence-electron chi connectivity index (χ4n) is 2.12. The zero-order valence-electron chi connectivity index (χ0n) is 12.6. The predicted molar refractivity (Wildman–Crippen MR) is 78.0 cm³/mol. The third-order valence-electron chi connectivity index (χ3n) is 3.39. The number of esters is 1. The van der Waals surface area contributed by atoms with Crippen molar-refractivity contribution in [3.63, 3.8) is 0 Å². The van der Waals surface area contributed by atoms with Crippen LogP contribution in [0.5, 0.6) is 0 Å². The van der Waals surface area contributed by atoms with Crippen LogP contribution in [-0.2, 0) is 9.53 Å². The molecule has 0 saturated heterocycles. The normalized spacial score (nSPS) is 14.2. The maximum Gasteiger partial charge on any atom is 0.323 e. The molecule has 0 saturated carbocycles. The van der Waals surface area contributed by atoms with E-state index in [1.165, 1.54) is 18.2 Å². The van der Waals surface area contributed by atoms with E-state index in [0.29, 0.717) is 0 Å². The minimum atomic E-state index is -0.267. The van der Waals surface area contributed by atoms with Crippen LogP contribution in [-0.4, -0.2) is 19.1 Å². The zero-order valence-corrected chi connectivity index (χ0v) is 12.6. The average molecular weight is 263 g/mol. The second-order valence-electron chi connectivity index (χ2n) is 5.28. The van der Waals surface area contributed by atoms with Gasteiger partial charge in [-0.15, -0.1) is 0 Å². The number of aryl methyl sites for hydroxylation is 1. The minimum Gasteiger partial charge on any atom is -0.468 e. The fraction of sp³-hybridized carbons (Fsp3) is 0.562. The molecule has 0 aliphatic heterocycles. The van der Waals surface area contributed by atoms with Crippen LogP contribution in [0.2, 0.25) is 0 Å². The van der Waals surface area contributed by atoms with Crippen LogP contribution in [0.25, 0.3) is 0 Å². The van der Waals surface area contributed by atoms with E-state index in [-0.39, 0.29) is 24.0 Å². The monoisotopic (exact) mass is 263 g/mol. The summed E-state index contributed by atoms with van der Waals surface area (Å²) < 4.78 is 4.87. The summed E-state index contributed by atoms with van der Waals surface area (Å²) in [7, 11) is 1.44. The number of nitrogens with one attached hydrogen (secondary N) is 1. The van der Waals surface area contributed by atoms with E-state index in [0.717, 1.165) is 6.42 Å². The van der Waals surface area contributed by atoms with Crippen molar-refractivity contribution in [1.82, 2.24) is 5.32 Å². The molecule has 0 radical (unpaired) electrons. The molecule has 1 aromatic carbocycles. The van der Waals surface area contributed by atoms with Crippen LogP contribution in [0.4, 0.5) is 0 Å². The average Bonchev–Trinajstić information content (AvgIpc) is 2.40. The Morgan fingerprint density at radius 2 is 1.84 bits per heavy atom. The maximum atomic E-state index is 11.8. The number of hydrogen-bond acceptors (Lipinski definition) is 3. The summed E-state index contributed by atoms with van der Waals surface area (Å²) in [6.45, 7) is 8.24. The molecule has 3 heteroatoms. The summed E-state index contributed by atoms with van der Waals surface area (Å²) in [5.41, 5.74) is 2.45. The van der Waals surface area contributed by atoms with E-state index in [1.807, 2.05) is 13.8 Å². The Kier molecular flexibility index (Phi) is 6.03. The second-order valence-corrected chi connectivity index (χ2v) is 5.28. The van der Waals surface area contributed by atoms with Gasteiger partial charge in [0.1, 0.15) is 6.04 Å². The molecule has 0 aromatic heterocycles. The first-order valence-electron chi connectivity index (χ1n) is 6.90. The molecule has 3 nitrogen and oxygen atoms in total. The molecule has 0 heterocycles. The Bertz CT molecular complexity index is 398. The number of ether oxygens (including phenoxy) is 1. The van der Waals surface area contributed by atoms with Crippen molar-refractivity contribution < 1.29 is 9.53 Å². The quantitative estimate of drug-likeness (QED) is 0.801. The lowest BCUT2D eigenvalue weighted by Gasteiger charge is -2.26. The molecular formula is C16H25NO2. The topological polar surface area (TPSA) is 38.3 Å². The van der Waals surface area contributed by atoms with Gasteiger partial charge in [-0.3, -0.25) is 10.1 Å². The Morgan fingerprint density at radius 3 is 2.26 bits per heavy atom. The smallest absolute Gasteiger partial charge is 0.323 e. The van der Waals surface area contributed by atoms with Crippen molar-refractivity contribution in [2.24, 2.45) is 5.92 Å². The molecule has 1 aromatic rings. The Balaban J connectivity index is 2.85. The summed E-state index contributed by atoms with van der Waals surface area (Å²) >= 11 is 0. The fourth-order valence-corrected chi connectivity index (χ4v) is 2.12. The lowest BCUT2D eigenvalue weighted by atomic mass is 9.98. The molecule has 0 fully saturated rings. The van der Waals surface area contributed by atoms with Crippen molar-refractivity contribution in [3.05, 3.63) is 35.4 Å². The van der Waals surface area contributed by atoms with Gasteiger partial charge in [0.25, 0.3) is 0 Å². The van der Waals surface area contributed by atoms with Gasteiger partial charge >= 0.3 is 5.97 Å². The molecule has 0 amide bonds. The van der Waals surface area contributed by atoms with E-state index in [1.54, 1.807) is 0 Å². The van der Waals surface area contributed by atoms with Crippen molar-refractivity contribution in [3.8, 4) is 0 Å². The van der Waals surface area contributed by atoms with E-state index >= 15 is 0 Å². The summed E-state index contributed by atoms with van der Waals surface area (Å²) in [5.74, 6) is 0.00695. The lowest BCUT2D eigenvalue weighted by Crippen LogP contribution is -2.43. The zero-order chi connectivity index (χ0) is 14.4. The highest BCUT2D eigenvalue weighted by molar-refractivity contribution is 5.76. The highest BCUT2D eigenvalue weighted by atomic mass is 16.5. The predicted octanol–water partition coefficient (Wildman–Crippen LogP) is 3.23. The van der Waals surface area contributed by atoms with Gasteiger partial charge in [0.15, 0.2) is 0 Å². The second kappa shape index (κ2) is 7.29. The van der Waals surface area contributed by atoms with Crippen LogP contribution in [0.3, 0.4) is 0 Å². The molecule has 0 spiro atoms. The first kappa shape index (κ1) is 15.7. The van der Waals surface area contributed by atoms with Crippen LogP contribution < -0.4 is 5.32 Å². The number of carbonyl (C=O) groups is 1. The number of benzene rings is 1. The van der Waals surface area contributed by atoms with Crippen LogP contribution >= 0.6 is 0 Å². The summed E-state index contributed by atoms with van der Waals surface area (Å²) in [6, 6.07) is 8.34. The number of methoxy groups -OCH3 is 1. The van der Waals surface area contributed by atoms with Gasteiger partial charge in [0, 0.05) is 6.04 Å². The SMILES string of the molecule is CCC(N[C@H](C(=O)OC)C(C)C)c1ccc(C)cc1. The third-order valence-corrected chi connectivity index (χ3v) is 3.39. The molecule has 19 heavy (non-hydrogen) atoms. The van der Waals surface area contributed by atoms with Gasteiger partial charge in [0.2, 0.25) is 0 Å². The summed E-state index contributed by atoms with van der Waals surface area (Å²) in [6.07, 6.45) is 0.934. The van der Waals surface area contributed by atoms with Crippen LogP contribution in [0, 0.1) is 12.8 Å². The van der Waals surface area contributed by atoms with Crippen molar-refractivity contribution in [2.75, 3.05) is 7.11 Å². The van der Waals surface area contributed by atoms with E-state index in [2.05, 4.69) is 43.4 Å². The highest BCUT2D eigenvalue weighted by Crippen LogP contribution is 2.19. The maximum absolute atomic E-state index is 11.8. The van der Waals surface area contributed by atoms with Crippen molar-refractivity contribution in [1.29, 1.82) is 0 Å². The van der Waals surface area contributed by atoms with Gasteiger partial charge in [-0.2, -0.15) is 0 Å². The Morgan fingerprint density at radius 1 is 1.26 bits per heavy atom. The highest BCUT2D eigenvalue weighted by Gasteiger charge is 2.25. The van der Waals surface area contributed by atoms with Gasteiger partial charge in [-0.25, -0.2) is 0 Å².